The highest BCUT2D eigenvalue weighted by Crippen LogP contribution is 2.40. The summed E-state index contributed by atoms with van der Waals surface area (Å²) in [5.74, 6) is 0.000900. The van der Waals surface area contributed by atoms with Gasteiger partial charge in [-0.1, -0.05) is 0 Å². The molecule has 0 unspecified atom stereocenters. The van der Waals surface area contributed by atoms with E-state index < -0.39 is 6.04 Å². The molecule has 0 radical (unpaired) electrons. The van der Waals surface area contributed by atoms with Crippen molar-refractivity contribution in [2.75, 3.05) is 26.3 Å². The highest BCUT2D eigenvalue weighted by atomic mass is 79.9. The van der Waals surface area contributed by atoms with Gasteiger partial charge in [0.2, 0.25) is 0 Å². The number of nitrogens with zero attached hydrogens (tertiary/aromatic N) is 2. The molecule has 3 amide bonds. The van der Waals surface area contributed by atoms with E-state index in [1.807, 2.05) is 24.0 Å². The lowest BCUT2D eigenvalue weighted by Gasteiger charge is -2.38. The fraction of sp³-hybridized carbons (Fsp3) is 0.529. The molecule has 2 fully saturated rings. The molecule has 25 heavy (non-hydrogen) atoms. The number of amides is 3. The molecule has 2 aliphatic heterocycles. The molecule has 1 N–H and O–H groups in total. The minimum absolute atomic E-state index is 0.000900. The Labute approximate surface area is 158 Å². The van der Waals surface area contributed by atoms with Gasteiger partial charge in [0.05, 0.1) is 28.6 Å². The molecular formula is C17H20BrN3O3S. The summed E-state index contributed by atoms with van der Waals surface area (Å²) < 4.78 is 6.35. The summed E-state index contributed by atoms with van der Waals surface area (Å²) in [7, 11) is 0. The maximum absolute atomic E-state index is 13.3. The first-order chi connectivity index (χ1) is 12.1. The van der Waals surface area contributed by atoms with Crippen molar-refractivity contribution in [3.05, 3.63) is 32.1 Å². The SMILES string of the molecule is CC1=C(C(=O)N2CCOCC2)[C@@H](c2ccc(Br)s2)NC(=O)N1C1CC1. The molecule has 1 saturated heterocycles. The number of thiophene rings is 1. The number of halogens is 1. The topological polar surface area (TPSA) is 61.9 Å². The summed E-state index contributed by atoms with van der Waals surface area (Å²) in [4.78, 5) is 30.5. The first-order valence-corrected chi connectivity index (χ1v) is 10.1. The standard InChI is InChI=1S/C17H20BrN3O3S/c1-10-14(16(22)20-6-8-24-9-7-20)15(12-4-5-13(18)25-12)19-17(23)21(10)11-2-3-11/h4-5,11,15H,2-3,6-9H2,1H3,(H,19,23)/t15-/m1/s1. The summed E-state index contributed by atoms with van der Waals surface area (Å²) in [5, 5.41) is 3.06. The van der Waals surface area contributed by atoms with Gasteiger partial charge in [-0.15, -0.1) is 11.3 Å². The van der Waals surface area contributed by atoms with Crippen LogP contribution in [-0.4, -0.2) is 54.1 Å². The van der Waals surface area contributed by atoms with E-state index in [1.165, 1.54) is 0 Å². The van der Waals surface area contributed by atoms with Crippen molar-refractivity contribution in [1.29, 1.82) is 0 Å². The van der Waals surface area contributed by atoms with Crippen LogP contribution in [0.25, 0.3) is 0 Å². The maximum atomic E-state index is 13.3. The Hall–Kier alpha value is -1.38. The van der Waals surface area contributed by atoms with Crippen molar-refractivity contribution in [2.45, 2.75) is 31.8 Å². The van der Waals surface area contributed by atoms with Crippen LogP contribution in [0.5, 0.6) is 0 Å². The third kappa shape index (κ3) is 3.22. The van der Waals surface area contributed by atoms with Crippen LogP contribution in [0.4, 0.5) is 4.79 Å². The maximum Gasteiger partial charge on any atom is 0.322 e. The largest absolute Gasteiger partial charge is 0.378 e. The zero-order valence-electron chi connectivity index (χ0n) is 14.0. The molecule has 1 aliphatic carbocycles. The van der Waals surface area contributed by atoms with Gasteiger partial charge >= 0.3 is 6.03 Å². The Bertz CT molecular complexity index is 737. The molecule has 6 nitrogen and oxygen atoms in total. The van der Waals surface area contributed by atoms with Gasteiger partial charge in [-0.3, -0.25) is 9.69 Å². The molecule has 4 rings (SSSR count). The van der Waals surface area contributed by atoms with Gasteiger partial charge in [0.15, 0.2) is 0 Å². The normalized spacial score (nSPS) is 24.6. The van der Waals surface area contributed by atoms with Gasteiger partial charge in [-0.2, -0.15) is 0 Å². The molecule has 3 aliphatic rings. The molecule has 1 aromatic rings. The van der Waals surface area contributed by atoms with Crippen molar-refractivity contribution >= 4 is 39.2 Å². The predicted octanol–water partition coefficient (Wildman–Crippen LogP) is 2.87. The van der Waals surface area contributed by atoms with Crippen LogP contribution >= 0.6 is 27.3 Å². The minimum Gasteiger partial charge on any atom is -0.378 e. The third-order valence-electron chi connectivity index (χ3n) is 4.85. The Kier molecular flexibility index (Phi) is 4.59. The Morgan fingerprint density at radius 3 is 2.64 bits per heavy atom. The summed E-state index contributed by atoms with van der Waals surface area (Å²) in [6.45, 7) is 4.21. The average molecular weight is 426 g/mol. The number of hydrogen-bond acceptors (Lipinski definition) is 4. The number of allylic oxidation sites excluding steroid dienone is 1. The molecule has 1 atom stereocenters. The first-order valence-electron chi connectivity index (χ1n) is 8.49. The molecule has 0 aromatic carbocycles. The first kappa shape index (κ1) is 17.1. The fourth-order valence-electron chi connectivity index (χ4n) is 3.44. The summed E-state index contributed by atoms with van der Waals surface area (Å²) in [6, 6.07) is 3.64. The summed E-state index contributed by atoms with van der Waals surface area (Å²) in [5.41, 5.74) is 1.47. The quantitative estimate of drug-likeness (QED) is 0.809. The number of urea groups is 1. The second-order valence-corrected chi connectivity index (χ2v) is 9.02. The van der Waals surface area contributed by atoms with Crippen LogP contribution in [0.1, 0.15) is 30.7 Å². The van der Waals surface area contributed by atoms with Crippen LogP contribution in [-0.2, 0) is 9.53 Å². The Morgan fingerprint density at radius 2 is 2.04 bits per heavy atom. The zero-order chi connectivity index (χ0) is 17.6. The number of rotatable bonds is 3. The van der Waals surface area contributed by atoms with Crippen molar-refractivity contribution in [3.63, 3.8) is 0 Å². The van der Waals surface area contributed by atoms with Gasteiger partial charge in [0, 0.05) is 29.7 Å². The third-order valence-corrected chi connectivity index (χ3v) is 6.53. The number of carbonyl (C=O) groups is 2. The van der Waals surface area contributed by atoms with Crippen molar-refractivity contribution in [2.24, 2.45) is 0 Å². The van der Waals surface area contributed by atoms with Crippen LogP contribution in [0, 0.1) is 0 Å². The van der Waals surface area contributed by atoms with Gasteiger partial charge in [-0.05, 0) is 47.8 Å². The van der Waals surface area contributed by atoms with Crippen LogP contribution in [0.2, 0.25) is 0 Å². The lowest BCUT2D eigenvalue weighted by molar-refractivity contribution is -0.131. The lowest BCUT2D eigenvalue weighted by Crippen LogP contribution is -2.51. The highest BCUT2D eigenvalue weighted by Gasteiger charge is 2.43. The van der Waals surface area contributed by atoms with Crippen LogP contribution in [0.3, 0.4) is 0 Å². The zero-order valence-corrected chi connectivity index (χ0v) is 16.4. The molecule has 8 heteroatoms. The molecular weight excluding hydrogens is 406 g/mol. The Balaban J connectivity index is 1.74. The molecule has 0 bridgehead atoms. The lowest BCUT2D eigenvalue weighted by atomic mass is 9.98. The fourth-order valence-corrected chi connectivity index (χ4v) is 4.93. The Morgan fingerprint density at radius 1 is 1.32 bits per heavy atom. The molecule has 3 heterocycles. The van der Waals surface area contributed by atoms with E-state index in [2.05, 4.69) is 21.2 Å². The van der Waals surface area contributed by atoms with Crippen molar-refractivity contribution < 1.29 is 14.3 Å². The predicted molar refractivity (Wildman–Crippen MR) is 98.3 cm³/mol. The number of carbonyl (C=O) groups excluding carboxylic acids is 2. The monoisotopic (exact) mass is 425 g/mol. The number of nitrogens with one attached hydrogen (secondary N) is 1. The second kappa shape index (κ2) is 6.74. The minimum atomic E-state index is -0.394. The van der Waals surface area contributed by atoms with Gasteiger partial charge < -0.3 is 15.0 Å². The average Bonchev–Trinajstić information content (AvgIpc) is 3.34. The van der Waals surface area contributed by atoms with E-state index in [0.29, 0.717) is 31.9 Å². The van der Waals surface area contributed by atoms with E-state index in [1.54, 1.807) is 16.2 Å². The van der Waals surface area contributed by atoms with Gasteiger partial charge in [0.25, 0.3) is 5.91 Å². The number of hydrogen-bond donors (Lipinski definition) is 1. The second-order valence-electron chi connectivity index (χ2n) is 6.53. The molecule has 1 saturated carbocycles. The molecule has 134 valence electrons. The highest BCUT2D eigenvalue weighted by molar-refractivity contribution is 9.11. The van der Waals surface area contributed by atoms with E-state index in [4.69, 9.17) is 4.74 Å². The summed E-state index contributed by atoms with van der Waals surface area (Å²) >= 11 is 5.02. The van der Waals surface area contributed by atoms with E-state index >= 15 is 0 Å². The van der Waals surface area contributed by atoms with E-state index in [9.17, 15) is 9.59 Å². The smallest absolute Gasteiger partial charge is 0.322 e. The van der Waals surface area contributed by atoms with Crippen molar-refractivity contribution in [3.8, 4) is 0 Å². The van der Waals surface area contributed by atoms with Gasteiger partial charge in [-0.25, -0.2) is 4.79 Å². The van der Waals surface area contributed by atoms with E-state index in [0.717, 1.165) is 27.2 Å². The van der Waals surface area contributed by atoms with Crippen LogP contribution in [0.15, 0.2) is 27.2 Å². The van der Waals surface area contributed by atoms with E-state index in [-0.39, 0.29) is 18.0 Å². The van der Waals surface area contributed by atoms with Gasteiger partial charge in [0.1, 0.15) is 0 Å². The molecule has 1 aromatic heterocycles. The van der Waals surface area contributed by atoms with Crippen molar-refractivity contribution in [1.82, 2.24) is 15.1 Å². The number of ether oxygens (including phenoxy) is 1. The van der Waals surface area contributed by atoms with Crippen LogP contribution < -0.4 is 5.32 Å². The number of morpholine rings is 1. The summed E-state index contributed by atoms with van der Waals surface area (Å²) in [6.07, 6.45) is 2.00. The molecule has 0 spiro atoms.